The summed E-state index contributed by atoms with van der Waals surface area (Å²) in [6, 6.07) is 0. The largest absolute Gasteiger partial charge is 0.381 e. The van der Waals surface area contributed by atoms with Gasteiger partial charge in [-0.25, -0.2) is 4.98 Å². The summed E-state index contributed by atoms with van der Waals surface area (Å²) in [5.74, 6) is 1.70. The minimum absolute atomic E-state index is 0.724. The molecule has 0 spiro atoms. The molecule has 23 heavy (non-hydrogen) atoms. The summed E-state index contributed by atoms with van der Waals surface area (Å²) >= 11 is 0. The third-order valence-electron chi connectivity index (χ3n) is 4.51. The molecule has 8 heteroatoms. The maximum Gasteiger partial charge on any atom is 0.193 e. The highest BCUT2D eigenvalue weighted by Gasteiger charge is 2.23. The van der Waals surface area contributed by atoms with Crippen LogP contribution in [0.15, 0.2) is 17.6 Å². The molecule has 1 aromatic rings. The highest BCUT2D eigenvalue weighted by atomic mass is 16.5. The maximum atomic E-state index is 5.47. The molecular formula is C15H27N7O. The minimum Gasteiger partial charge on any atom is -0.381 e. The summed E-state index contributed by atoms with van der Waals surface area (Å²) in [5, 5.41) is 7.52. The van der Waals surface area contributed by atoms with Gasteiger partial charge in [-0.3, -0.25) is 14.6 Å². The molecule has 0 aliphatic carbocycles. The predicted molar refractivity (Wildman–Crippen MR) is 88.3 cm³/mol. The third kappa shape index (κ3) is 4.65. The lowest BCUT2D eigenvalue weighted by atomic mass is 10.1. The summed E-state index contributed by atoms with van der Waals surface area (Å²) < 4.78 is 7.29. The van der Waals surface area contributed by atoms with Crippen LogP contribution >= 0.6 is 0 Å². The van der Waals surface area contributed by atoms with Gasteiger partial charge in [0.25, 0.3) is 0 Å². The number of nitrogens with one attached hydrogen (secondary N) is 1. The first-order valence-corrected chi connectivity index (χ1v) is 8.43. The van der Waals surface area contributed by atoms with E-state index in [1.807, 2.05) is 11.7 Å². The first kappa shape index (κ1) is 16.2. The molecule has 2 fully saturated rings. The van der Waals surface area contributed by atoms with E-state index >= 15 is 0 Å². The van der Waals surface area contributed by atoms with Crippen LogP contribution in [-0.4, -0.2) is 90.1 Å². The van der Waals surface area contributed by atoms with Crippen LogP contribution in [0.5, 0.6) is 0 Å². The molecule has 1 unspecified atom stereocenters. The predicted octanol–water partition coefficient (Wildman–Crippen LogP) is -0.492. The molecule has 1 aromatic heterocycles. The lowest BCUT2D eigenvalue weighted by Gasteiger charge is -2.37. The summed E-state index contributed by atoms with van der Waals surface area (Å²) in [7, 11) is 1.85. The van der Waals surface area contributed by atoms with Crippen molar-refractivity contribution in [3.8, 4) is 0 Å². The van der Waals surface area contributed by atoms with Gasteiger partial charge in [0.1, 0.15) is 12.7 Å². The molecule has 0 aromatic carbocycles. The van der Waals surface area contributed by atoms with Crippen LogP contribution in [0.25, 0.3) is 0 Å². The molecule has 1 N–H and O–H groups in total. The van der Waals surface area contributed by atoms with E-state index in [0.29, 0.717) is 0 Å². The molecule has 2 aliphatic rings. The average molecular weight is 321 g/mol. The second kappa shape index (κ2) is 8.26. The first-order chi connectivity index (χ1) is 11.3. The topological polar surface area (TPSA) is 70.8 Å². The number of hydrogen-bond donors (Lipinski definition) is 1. The second-order valence-corrected chi connectivity index (χ2v) is 6.15. The van der Waals surface area contributed by atoms with E-state index in [9.17, 15) is 0 Å². The fraction of sp³-hybridized carbons (Fsp3) is 0.800. The molecule has 0 saturated carbocycles. The molecule has 2 saturated heterocycles. The molecule has 0 amide bonds. The molecule has 3 heterocycles. The zero-order valence-electron chi connectivity index (χ0n) is 13.9. The minimum atomic E-state index is 0.724. The average Bonchev–Trinajstić information content (AvgIpc) is 3.26. The zero-order valence-corrected chi connectivity index (χ0v) is 13.9. The SMILES string of the molecule is CN=C(NCCn1cncn1)N1CCN(CC2CCOC2)CC1. The Labute approximate surface area is 137 Å². The number of ether oxygens (including phenoxy) is 1. The molecule has 0 bridgehead atoms. The molecule has 3 rings (SSSR count). The van der Waals surface area contributed by atoms with Gasteiger partial charge < -0.3 is 15.0 Å². The Bertz CT molecular complexity index is 476. The molecule has 0 radical (unpaired) electrons. The van der Waals surface area contributed by atoms with Crippen LogP contribution in [0, 0.1) is 5.92 Å². The van der Waals surface area contributed by atoms with Gasteiger partial charge in [0.15, 0.2) is 5.96 Å². The van der Waals surface area contributed by atoms with E-state index < -0.39 is 0 Å². The van der Waals surface area contributed by atoms with Gasteiger partial charge in [-0.1, -0.05) is 0 Å². The molecule has 128 valence electrons. The monoisotopic (exact) mass is 321 g/mol. The third-order valence-corrected chi connectivity index (χ3v) is 4.51. The summed E-state index contributed by atoms with van der Waals surface area (Å²) in [6.07, 6.45) is 4.51. The highest BCUT2D eigenvalue weighted by molar-refractivity contribution is 5.79. The van der Waals surface area contributed by atoms with Crippen molar-refractivity contribution in [1.82, 2.24) is 29.9 Å². The van der Waals surface area contributed by atoms with E-state index in [0.717, 1.165) is 64.4 Å². The Morgan fingerprint density at radius 2 is 2.22 bits per heavy atom. The number of aromatic nitrogens is 3. The number of aliphatic imine (C=N–C) groups is 1. The second-order valence-electron chi connectivity index (χ2n) is 6.15. The fourth-order valence-corrected chi connectivity index (χ4v) is 3.20. The van der Waals surface area contributed by atoms with Crippen molar-refractivity contribution in [3.05, 3.63) is 12.7 Å². The normalized spacial score (nSPS) is 23.4. The highest BCUT2D eigenvalue weighted by Crippen LogP contribution is 2.15. The quantitative estimate of drug-likeness (QED) is 0.583. The van der Waals surface area contributed by atoms with Gasteiger partial charge in [-0.05, 0) is 12.3 Å². The van der Waals surface area contributed by atoms with Crippen molar-refractivity contribution in [2.75, 3.05) is 59.5 Å². The Morgan fingerprint density at radius 1 is 1.35 bits per heavy atom. The Hall–Kier alpha value is -1.67. The number of rotatable bonds is 5. The van der Waals surface area contributed by atoms with Gasteiger partial charge in [-0.2, -0.15) is 5.10 Å². The van der Waals surface area contributed by atoms with Crippen molar-refractivity contribution in [1.29, 1.82) is 0 Å². The number of nitrogens with zero attached hydrogens (tertiary/aromatic N) is 6. The Kier molecular flexibility index (Phi) is 5.82. The fourth-order valence-electron chi connectivity index (χ4n) is 3.20. The summed E-state index contributed by atoms with van der Waals surface area (Å²) in [5.41, 5.74) is 0. The van der Waals surface area contributed by atoms with E-state index in [-0.39, 0.29) is 0 Å². The van der Waals surface area contributed by atoms with Gasteiger partial charge in [0, 0.05) is 52.9 Å². The lowest BCUT2D eigenvalue weighted by Crippen LogP contribution is -2.53. The lowest BCUT2D eigenvalue weighted by molar-refractivity contribution is 0.139. The van der Waals surface area contributed by atoms with E-state index in [1.54, 1.807) is 12.7 Å². The molecule has 2 aliphatic heterocycles. The van der Waals surface area contributed by atoms with E-state index in [4.69, 9.17) is 4.74 Å². The van der Waals surface area contributed by atoms with Crippen molar-refractivity contribution >= 4 is 5.96 Å². The molecule has 8 nitrogen and oxygen atoms in total. The van der Waals surface area contributed by atoms with Crippen molar-refractivity contribution in [2.45, 2.75) is 13.0 Å². The van der Waals surface area contributed by atoms with Crippen LogP contribution in [-0.2, 0) is 11.3 Å². The van der Waals surface area contributed by atoms with Crippen molar-refractivity contribution < 1.29 is 4.74 Å². The van der Waals surface area contributed by atoms with Crippen LogP contribution in [0.3, 0.4) is 0 Å². The van der Waals surface area contributed by atoms with Crippen LogP contribution < -0.4 is 5.32 Å². The van der Waals surface area contributed by atoms with Gasteiger partial charge in [-0.15, -0.1) is 0 Å². The number of hydrogen-bond acceptors (Lipinski definition) is 5. The van der Waals surface area contributed by atoms with Gasteiger partial charge >= 0.3 is 0 Å². The smallest absolute Gasteiger partial charge is 0.193 e. The Morgan fingerprint density at radius 3 is 2.87 bits per heavy atom. The van der Waals surface area contributed by atoms with Crippen LogP contribution in [0.1, 0.15) is 6.42 Å². The molecular weight excluding hydrogens is 294 g/mol. The van der Waals surface area contributed by atoms with Crippen molar-refractivity contribution in [2.24, 2.45) is 10.9 Å². The van der Waals surface area contributed by atoms with Crippen LogP contribution in [0.4, 0.5) is 0 Å². The van der Waals surface area contributed by atoms with Gasteiger partial charge in [0.2, 0.25) is 0 Å². The number of guanidine groups is 1. The standard InChI is InChI=1S/C15H27N7O/c1-16-15(18-3-4-22-13-17-12-19-22)21-7-5-20(6-8-21)10-14-2-9-23-11-14/h12-14H,2-11H2,1H3,(H,16,18). The number of piperazine rings is 1. The zero-order chi connectivity index (χ0) is 15.9. The van der Waals surface area contributed by atoms with Crippen molar-refractivity contribution in [3.63, 3.8) is 0 Å². The summed E-state index contributed by atoms with van der Waals surface area (Å²) in [4.78, 5) is 13.2. The Balaban J connectivity index is 1.38. The van der Waals surface area contributed by atoms with Crippen LogP contribution in [0.2, 0.25) is 0 Å². The van der Waals surface area contributed by atoms with Gasteiger partial charge in [0.05, 0.1) is 13.2 Å². The molecule has 1 atom stereocenters. The maximum absolute atomic E-state index is 5.47. The van der Waals surface area contributed by atoms with E-state index in [2.05, 4.69) is 30.2 Å². The van der Waals surface area contributed by atoms with E-state index in [1.165, 1.54) is 13.0 Å². The summed E-state index contributed by atoms with van der Waals surface area (Å²) in [6.45, 7) is 8.88. The first-order valence-electron chi connectivity index (χ1n) is 8.43.